The summed E-state index contributed by atoms with van der Waals surface area (Å²) in [5.41, 5.74) is 1.94. The quantitative estimate of drug-likeness (QED) is 0.766. The lowest BCUT2D eigenvalue weighted by Gasteiger charge is -2.25. The summed E-state index contributed by atoms with van der Waals surface area (Å²) in [5.74, 6) is 0.678. The van der Waals surface area contributed by atoms with E-state index in [0.29, 0.717) is 0 Å². The van der Waals surface area contributed by atoms with E-state index in [1.165, 1.54) is 0 Å². The maximum atomic E-state index is 12.3. The van der Waals surface area contributed by atoms with E-state index in [-0.39, 0.29) is 30.4 Å². The summed E-state index contributed by atoms with van der Waals surface area (Å²) in [6.45, 7) is 6.22. The van der Waals surface area contributed by atoms with Crippen molar-refractivity contribution in [1.29, 1.82) is 0 Å². The van der Waals surface area contributed by atoms with Crippen LogP contribution in [0.15, 0.2) is 24.4 Å². The molecule has 0 aliphatic heterocycles. The van der Waals surface area contributed by atoms with Crippen LogP contribution in [0, 0.1) is 5.41 Å². The molecule has 23 heavy (non-hydrogen) atoms. The van der Waals surface area contributed by atoms with Crippen LogP contribution in [0.25, 0.3) is 10.9 Å². The molecule has 0 bridgehead atoms. The molecule has 0 radical (unpaired) electrons. The van der Waals surface area contributed by atoms with Gasteiger partial charge in [-0.3, -0.25) is 4.79 Å². The molecule has 2 rings (SSSR count). The second-order valence-corrected chi connectivity index (χ2v) is 7.11. The van der Waals surface area contributed by atoms with Gasteiger partial charge in [0, 0.05) is 17.1 Å². The van der Waals surface area contributed by atoms with Gasteiger partial charge < -0.3 is 20.1 Å². The lowest BCUT2D eigenvalue weighted by Crippen LogP contribution is -2.40. The first-order valence-corrected chi connectivity index (χ1v) is 7.86. The number of amides is 1. The number of benzene rings is 1. The van der Waals surface area contributed by atoms with Crippen molar-refractivity contribution in [2.75, 3.05) is 13.7 Å². The Bertz CT molecular complexity index is 670. The van der Waals surface area contributed by atoms with Crippen molar-refractivity contribution in [3.05, 3.63) is 30.0 Å². The number of fused-ring (bicyclic) bond motifs is 1. The van der Waals surface area contributed by atoms with Gasteiger partial charge in [-0.1, -0.05) is 20.8 Å². The number of carbonyl (C=O) groups excluding carboxylic acids is 1. The van der Waals surface area contributed by atoms with Crippen molar-refractivity contribution >= 4 is 16.8 Å². The van der Waals surface area contributed by atoms with Gasteiger partial charge in [0.25, 0.3) is 0 Å². The molecule has 1 unspecified atom stereocenters. The molecule has 0 fully saturated rings. The lowest BCUT2D eigenvalue weighted by molar-refractivity contribution is -0.121. The van der Waals surface area contributed by atoms with E-state index in [0.717, 1.165) is 28.6 Å². The van der Waals surface area contributed by atoms with Crippen molar-refractivity contribution in [3.63, 3.8) is 0 Å². The number of H-pyrrole nitrogens is 1. The van der Waals surface area contributed by atoms with Crippen LogP contribution in [0.3, 0.4) is 0 Å². The van der Waals surface area contributed by atoms with E-state index >= 15 is 0 Å². The van der Waals surface area contributed by atoms with Gasteiger partial charge in [0.05, 0.1) is 26.2 Å². The highest BCUT2D eigenvalue weighted by atomic mass is 16.5. The second-order valence-electron chi connectivity index (χ2n) is 7.11. The highest BCUT2D eigenvalue weighted by Crippen LogP contribution is 2.24. The summed E-state index contributed by atoms with van der Waals surface area (Å²) in [4.78, 5) is 15.5. The van der Waals surface area contributed by atoms with Crippen LogP contribution in [0.5, 0.6) is 5.75 Å². The molecule has 5 heteroatoms. The molecule has 1 amide bonds. The minimum atomic E-state index is -0.220. The number of carbonyl (C=O) groups is 1. The number of hydrogen-bond donors (Lipinski definition) is 3. The summed E-state index contributed by atoms with van der Waals surface area (Å²) in [6, 6.07) is 5.52. The van der Waals surface area contributed by atoms with Crippen LogP contribution in [-0.4, -0.2) is 35.8 Å². The molecule has 126 valence electrons. The molecule has 0 saturated carbocycles. The number of aliphatic hydroxyl groups excluding tert-OH is 1. The largest absolute Gasteiger partial charge is 0.497 e. The zero-order chi connectivity index (χ0) is 17.0. The normalized spacial score (nSPS) is 13.1. The van der Waals surface area contributed by atoms with Crippen molar-refractivity contribution < 1.29 is 14.6 Å². The molecular weight excluding hydrogens is 292 g/mol. The third-order valence-corrected chi connectivity index (χ3v) is 3.77. The van der Waals surface area contributed by atoms with Crippen LogP contribution in [-0.2, 0) is 11.2 Å². The topological polar surface area (TPSA) is 74.4 Å². The van der Waals surface area contributed by atoms with E-state index in [2.05, 4.69) is 31.1 Å². The number of nitrogens with one attached hydrogen (secondary N) is 2. The maximum absolute atomic E-state index is 12.3. The number of aliphatic hydroxyl groups is 1. The summed E-state index contributed by atoms with van der Waals surface area (Å²) in [7, 11) is 1.62. The van der Waals surface area contributed by atoms with Gasteiger partial charge in [0.2, 0.25) is 5.91 Å². The summed E-state index contributed by atoms with van der Waals surface area (Å²) >= 11 is 0. The zero-order valence-electron chi connectivity index (χ0n) is 14.3. The third-order valence-electron chi connectivity index (χ3n) is 3.77. The summed E-state index contributed by atoms with van der Waals surface area (Å²) in [5, 5.41) is 13.4. The van der Waals surface area contributed by atoms with Gasteiger partial charge in [-0.25, -0.2) is 0 Å². The Kier molecular flexibility index (Phi) is 5.31. The number of aromatic nitrogens is 1. The minimum absolute atomic E-state index is 0.0504. The Hall–Kier alpha value is -2.01. The highest BCUT2D eigenvalue weighted by Gasteiger charge is 2.20. The maximum Gasteiger partial charge on any atom is 0.224 e. The predicted molar refractivity (Wildman–Crippen MR) is 91.6 cm³/mol. The molecule has 1 aromatic heterocycles. The SMILES string of the molecule is COc1ccc2[nH]cc(CC(=O)NC(CO)CC(C)(C)C)c2c1. The van der Waals surface area contributed by atoms with Gasteiger partial charge >= 0.3 is 0 Å². The van der Waals surface area contributed by atoms with E-state index < -0.39 is 0 Å². The first-order chi connectivity index (χ1) is 10.8. The van der Waals surface area contributed by atoms with Crippen LogP contribution < -0.4 is 10.1 Å². The van der Waals surface area contributed by atoms with Crippen LogP contribution in [0.2, 0.25) is 0 Å². The van der Waals surface area contributed by atoms with Crippen LogP contribution >= 0.6 is 0 Å². The Balaban J connectivity index is 2.08. The Labute approximate surface area is 137 Å². The fourth-order valence-corrected chi connectivity index (χ4v) is 2.78. The fraction of sp³-hybridized carbons (Fsp3) is 0.500. The first-order valence-electron chi connectivity index (χ1n) is 7.86. The van der Waals surface area contributed by atoms with Crippen molar-refractivity contribution in [3.8, 4) is 5.75 Å². The number of aromatic amines is 1. The van der Waals surface area contributed by atoms with Gasteiger partial charge in [-0.05, 0) is 35.6 Å². The third kappa shape index (κ3) is 4.73. The molecule has 0 spiro atoms. The number of ether oxygens (including phenoxy) is 1. The number of rotatable bonds is 6. The van der Waals surface area contributed by atoms with Crippen LogP contribution in [0.1, 0.15) is 32.8 Å². The molecule has 0 aliphatic carbocycles. The van der Waals surface area contributed by atoms with E-state index in [4.69, 9.17) is 4.74 Å². The van der Waals surface area contributed by atoms with Crippen LogP contribution in [0.4, 0.5) is 0 Å². The highest BCUT2D eigenvalue weighted by molar-refractivity contribution is 5.89. The summed E-state index contributed by atoms with van der Waals surface area (Å²) < 4.78 is 5.24. The van der Waals surface area contributed by atoms with E-state index in [9.17, 15) is 9.90 Å². The Morgan fingerprint density at radius 1 is 1.39 bits per heavy atom. The Morgan fingerprint density at radius 2 is 2.13 bits per heavy atom. The Morgan fingerprint density at radius 3 is 2.74 bits per heavy atom. The number of methoxy groups -OCH3 is 1. The van der Waals surface area contributed by atoms with Gasteiger partial charge in [-0.2, -0.15) is 0 Å². The van der Waals surface area contributed by atoms with Crippen molar-refractivity contribution in [1.82, 2.24) is 10.3 Å². The molecule has 1 atom stereocenters. The van der Waals surface area contributed by atoms with Crippen molar-refractivity contribution in [2.45, 2.75) is 39.7 Å². The lowest BCUT2D eigenvalue weighted by atomic mass is 9.88. The van der Waals surface area contributed by atoms with Crippen molar-refractivity contribution in [2.24, 2.45) is 5.41 Å². The monoisotopic (exact) mass is 318 g/mol. The average molecular weight is 318 g/mol. The molecule has 1 heterocycles. The molecule has 0 aliphatic rings. The molecular formula is C18H26N2O3. The minimum Gasteiger partial charge on any atom is -0.497 e. The van der Waals surface area contributed by atoms with Gasteiger partial charge in [0.15, 0.2) is 0 Å². The molecule has 2 aromatic rings. The van der Waals surface area contributed by atoms with Gasteiger partial charge in [0.1, 0.15) is 5.75 Å². The molecule has 5 nitrogen and oxygen atoms in total. The standard InChI is InChI=1S/C18H26N2O3/c1-18(2,3)9-13(11-21)20-17(22)7-12-10-19-16-6-5-14(23-4)8-15(12)16/h5-6,8,10,13,19,21H,7,9,11H2,1-4H3,(H,20,22). The number of hydrogen-bond acceptors (Lipinski definition) is 3. The smallest absolute Gasteiger partial charge is 0.224 e. The predicted octanol–water partition coefficient (Wildman–Crippen LogP) is 2.63. The fourth-order valence-electron chi connectivity index (χ4n) is 2.78. The molecule has 3 N–H and O–H groups in total. The summed E-state index contributed by atoms with van der Waals surface area (Å²) in [6.07, 6.45) is 2.85. The second kappa shape index (κ2) is 7.04. The molecule has 1 aromatic carbocycles. The van der Waals surface area contributed by atoms with Gasteiger partial charge in [-0.15, -0.1) is 0 Å². The molecule has 0 saturated heterocycles. The van der Waals surface area contributed by atoms with E-state index in [1.54, 1.807) is 7.11 Å². The van der Waals surface area contributed by atoms with E-state index in [1.807, 2.05) is 24.4 Å². The zero-order valence-corrected chi connectivity index (χ0v) is 14.3. The first kappa shape index (κ1) is 17.3. The average Bonchev–Trinajstić information content (AvgIpc) is 2.87.